The Morgan fingerprint density at radius 2 is 2.15 bits per heavy atom. The SMILES string of the molecule is CCOc1cccc(/C=N\NC(=O)Cc2cc(Cl)ccc2SCC)c1O. The largest absolute Gasteiger partial charge is 0.504 e. The third-order valence-corrected chi connectivity index (χ3v) is 4.63. The second kappa shape index (κ2) is 10.1. The van der Waals surface area contributed by atoms with Crippen LogP contribution in [0.25, 0.3) is 0 Å². The molecule has 5 nitrogen and oxygen atoms in total. The molecule has 0 atom stereocenters. The van der Waals surface area contributed by atoms with Crippen LogP contribution in [0.5, 0.6) is 11.5 Å². The standard InChI is InChI=1S/C19H21ClN2O3S/c1-3-25-16-7-5-6-13(19(16)24)12-21-22-18(23)11-14-10-15(20)8-9-17(14)26-4-2/h5-10,12,24H,3-4,11H2,1-2H3,(H,22,23)/b21-12-. The summed E-state index contributed by atoms with van der Waals surface area (Å²) in [6.45, 7) is 4.33. The molecule has 0 saturated heterocycles. The van der Waals surface area contributed by atoms with E-state index in [1.165, 1.54) is 6.21 Å². The molecule has 0 aliphatic rings. The van der Waals surface area contributed by atoms with Gasteiger partial charge in [-0.05, 0) is 48.6 Å². The number of benzene rings is 2. The van der Waals surface area contributed by atoms with E-state index >= 15 is 0 Å². The minimum Gasteiger partial charge on any atom is -0.504 e. The molecular weight excluding hydrogens is 372 g/mol. The van der Waals surface area contributed by atoms with E-state index in [1.54, 1.807) is 36.0 Å². The van der Waals surface area contributed by atoms with E-state index in [1.807, 2.05) is 19.1 Å². The summed E-state index contributed by atoms with van der Waals surface area (Å²) < 4.78 is 5.32. The first-order valence-electron chi connectivity index (χ1n) is 8.23. The third-order valence-electron chi connectivity index (χ3n) is 3.40. The lowest BCUT2D eigenvalue weighted by Crippen LogP contribution is -2.20. The molecular formula is C19H21ClN2O3S. The van der Waals surface area contributed by atoms with E-state index in [0.717, 1.165) is 16.2 Å². The zero-order valence-electron chi connectivity index (χ0n) is 14.7. The molecule has 0 aromatic heterocycles. The monoisotopic (exact) mass is 392 g/mol. The van der Waals surface area contributed by atoms with Crippen LogP contribution < -0.4 is 10.2 Å². The molecule has 0 saturated carbocycles. The zero-order valence-corrected chi connectivity index (χ0v) is 16.2. The van der Waals surface area contributed by atoms with Crippen LogP contribution in [0.4, 0.5) is 0 Å². The number of hydrogen-bond acceptors (Lipinski definition) is 5. The fraction of sp³-hybridized carbons (Fsp3) is 0.263. The smallest absolute Gasteiger partial charge is 0.244 e. The van der Waals surface area contributed by atoms with Gasteiger partial charge in [-0.2, -0.15) is 5.10 Å². The molecule has 138 valence electrons. The number of aromatic hydroxyl groups is 1. The molecule has 0 radical (unpaired) electrons. The maximum atomic E-state index is 12.2. The average Bonchev–Trinajstić information content (AvgIpc) is 2.61. The molecule has 0 unspecified atom stereocenters. The van der Waals surface area contributed by atoms with Gasteiger partial charge in [0, 0.05) is 15.5 Å². The van der Waals surface area contributed by atoms with Crippen molar-refractivity contribution in [3.05, 3.63) is 52.5 Å². The zero-order chi connectivity index (χ0) is 18.9. The van der Waals surface area contributed by atoms with Gasteiger partial charge in [-0.1, -0.05) is 24.6 Å². The van der Waals surface area contributed by atoms with Crippen LogP contribution in [-0.4, -0.2) is 29.6 Å². The Balaban J connectivity index is 2.02. The summed E-state index contributed by atoms with van der Waals surface area (Å²) in [4.78, 5) is 13.2. The fourth-order valence-corrected chi connectivity index (χ4v) is 3.27. The van der Waals surface area contributed by atoms with Crippen molar-refractivity contribution in [3.63, 3.8) is 0 Å². The Morgan fingerprint density at radius 1 is 1.35 bits per heavy atom. The summed E-state index contributed by atoms with van der Waals surface area (Å²) in [5.74, 6) is 1.01. The highest BCUT2D eigenvalue weighted by molar-refractivity contribution is 7.99. The van der Waals surface area contributed by atoms with Gasteiger partial charge >= 0.3 is 0 Å². The molecule has 1 amide bonds. The number of rotatable bonds is 8. The first kappa shape index (κ1) is 20.1. The highest BCUT2D eigenvalue weighted by Crippen LogP contribution is 2.28. The van der Waals surface area contributed by atoms with Gasteiger partial charge in [0.25, 0.3) is 0 Å². The van der Waals surface area contributed by atoms with Crippen molar-refractivity contribution in [2.75, 3.05) is 12.4 Å². The van der Waals surface area contributed by atoms with Crippen LogP contribution in [0.15, 0.2) is 46.4 Å². The molecule has 0 bridgehead atoms. The fourth-order valence-electron chi connectivity index (χ4n) is 2.28. The average molecular weight is 393 g/mol. The summed E-state index contributed by atoms with van der Waals surface area (Å²) in [5, 5.41) is 14.6. The van der Waals surface area contributed by atoms with Crippen molar-refractivity contribution >= 4 is 35.5 Å². The number of hydrogen-bond donors (Lipinski definition) is 2. The van der Waals surface area contributed by atoms with Gasteiger partial charge < -0.3 is 9.84 Å². The molecule has 0 aliphatic heterocycles. The van der Waals surface area contributed by atoms with Gasteiger partial charge in [-0.3, -0.25) is 4.79 Å². The Hall–Kier alpha value is -2.18. The Kier molecular flexibility index (Phi) is 7.81. The summed E-state index contributed by atoms with van der Waals surface area (Å²) in [6, 6.07) is 10.6. The van der Waals surface area contributed by atoms with E-state index in [0.29, 0.717) is 22.9 Å². The highest BCUT2D eigenvalue weighted by Gasteiger charge is 2.09. The predicted octanol–water partition coefficient (Wildman–Crippen LogP) is 4.25. The normalized spacial score (nSPS) is 10.9. The van der Waals surface area contributed by atoms with Crippen molar-refractivity contribution in [3.8, 4) is 11.5 Å². The number of amides is 1. The van der Waals surface area contributed by atoms with Crippen LogP contribution in [0.2, 0.25) is 5.02 Å². The number of thioether (sulfide) groups is 1. The lowest BCUT2D eigenvalue weighted by atomic mass is 10.1. The molecule has 2 aromatic carbocycles. The molecule has 2 N–H and O–H groups in total. The number of hydrazone groups is 1. The molecule has 26 heavy (non-hydrogen) atoms. The molecule has 0 fully saturated rings. The Morgan fingerprint density at radius 3 is 2.88 bits per heavy atom. The van der Waals surface area contributed by atoms with Crippen molar-refractivity contribution in [1.29, 1.82) is 0 Å². The third kappa shape index (κ3) is 5.68. The van der Waals surface area contributed by atoms with Crippen LogP contribution in [0.3, 0.4) is 0 Å². The van der Waals surface area contributed by atoms with Gasteiger partial charge in [-0.25, -0.2) is 5.43 Å². The first-order chi connectivity index (χ1) is 12.5. The number of carbonyl (C=O) groups excluding carboxylic acids is 1. The topological polar surface area (TPSA) is 70.9 Å². The van der Waals surface area contributed by atoms with Gasteiger partial charge in [0.2, 0.25) is 5.91 Å². The maximum absolute atomic E-state index is 12.2. The number of halogens is 1. The maximum Gasteiger partial charge on any atom is 0.244 e. The number of nitrogens with zero attached hydrogens (tertiary/aromatic N) is 1. The molecule has 0 spiro atoms. The van der Waals surface area contributed by atoms with Gasteiger partial charge in [0.1, 0.15) is 0 Å². The number of phenolic OH excluding ortho intramolecular Hbond substituents is 1. The van der Waals surface area contributed by atoms with Crippen molar-refractivity contribution < 1.29 is 14.6 Å². The van der Waals surface area contributed by atoms with Gasteiger partial charge in [0.05, 0.1) is 19.2 Å². The van der Waals surface area contributed by atoms with Crippen LogP contribution in [-0.2, 0) is 11.2 Å². The Bertz CT molecular complexity index is 796. The van der Waals surface area contributed by atoms with E-state index < -0.39 is 0 Å². The lowest BCUT2D eigenvalue weighted by Gasteiger charge is -2.08. The van der Waals surface area contributed by atoms with Crippen LogP contribution in [0, 0.1) is 0 Å². The second-order valence-electron chi connectivity index (χ2n) is 5.28. The quantitative estimate of drug-likeness (QED) is 0.400. The van der Waals surface area contributed by atoms with Crippen molar-refractivity contribution in [2.45, 2.75) is 25.2 Å². The first-order valence-corrected chi connectivity index (χ1v) is 9.59. The molecule has 7 heteroatoms. The van der Waals surface area contributed by atoms with Crippen LogP contribution >= 0.6 is 23.4 Å². The molecule has 2 aromatic rings. The second-order valence-corrected chi connectivity index (χ2v) is 7.02. The highest BCUT2D eigenvalue weighted by atomic mass is 35.5. The molecule has 2 rings (SSSR count). The molecule has 0 aliphatic carbocycles. The number of para-hydroxylation sites is 1. The van der Waals surface area contributed by atoms with E-state index in [9.17, 15) is 9.90 Å². The summed E-state index contributed by atoms with van der Waals surface area (Å²) in [6.07, 6.45) is 1.56. The van der Waals surface area contributed by atoms with E-state index in [-0.39, 0.29) is 18.1 Å². The van der Waals surface area contributed by atoms with Crippen molar-refractivity contribution in [2.24, 2.45) is 5.10 Å². The summed E-state index contributed by atoms with van der Waals surface area (Å²) >= 11 is 7.69. The summed E-state index contributed by atoms with van der Waals surface area (Å²) in [7, 11) is 0. The van der Waals surface area contributed by atoms with Crippen molar-refractivity contribution in [1.82, 2.24) is 5.43 Å². The number of phenols is 1. The number of nitrogens with one attached hydrogen (secondary N) is 1. The Labute approximate surface area is 162 Å². The minimum absolute atomic E-state index is 0.0103. The van der Waals surface area contributed by atoms with E-state index in [4.69, 9.17) is 16.3 Å². The van der Waals surface area contributed by atoms with Gasteiger partial charge in [0.15, 0.2) is 11.5 Å². The lowest BCUT2D eigenvalue weighted by molar-refractivity contribution is -0.120. The predicted molar refractivity (Wildman–Crippen MR) is 107 cm³/mol. The van der Waals surface area contributed by atoms with Gasteiger partial charge in [-0.15, -0.1) is 11.8 Å². The number of carbonyl (C=O) groups is 1. The number of ether oxygens (including phenoxy) is 1. The van der Waals surface area contributed by atoms with E-state index in [2.05, 4.69) is 17.5 Å². The summed E-state index contributed by atoms with van der Waals surface area (Å²) in [5.41, 5.74) is 3.79. The van der Waals surface area contributed by atoms with Crippen LogP contribution in [0.1, 0.15) is 25.0 Å². The molecule has 0 heterocycles. The minimum atomic E-state index is -0.262.